The lowest BCUT2D eigenvalue weighted by molar-refractivity contribution is 0.605. The summed E-state index contributed by atoms with van der Waals surface area (Å²) in [6.07, 6.45) is 0.842. The summed E-state index contributed by atoms with van der Waals surface area (Å²) < 4.78 is 0. The van der Waals surface area contributed by atoms with E-state index in [2.05, 4.69) is 37.7 Å². The van der Waals surface area contributed by atoms with Gasteiger partial charge in [-0.2, -0.15) is 0 Å². The summed E-state index contributed by atoms with van der Waals surface area (Å²) in [7, 11) is 0. The van der Waals surface area contributed by atoms with Gasteiger partial charge in [0.25, 0.3) is 0 Å². The second kappa shape index (κ2) is 4.06. The molecule has 1 nitrogen and oxygen atoms in total. The van der Waals surface area contributed by atoms with E-state index in [-0.39, 0.29) is 5.54 Å². The fraction of sp³-hybridized carbons (Fsp3) is 0.500. The van der Waals surface area contributed by atoms with Crippen LogP contribution in [0.25, 0.3) is 4.85 Å². The molecule has 0 atom stereocenters. The van der Waals surface area contributed by atoms with Crippen molar-refractivity contribution in [2.24, 2.45) is 0 Å². The van der Waals surface area contributed by atoms with E-state index in [1.165, 1.54) is 22.3 Å². The molecule has 0 bridgehead atoms. The lowest BCUT2D eigenvalue weighted by atomic mass is 9.89. The molecule has 80 valence electrons. The molecule has 0 fully saturated rings. The van der Waals surface area contributed by atoms with Crippen LogP contribution < -0.4 is 0 Å². The summed E-state index contributed by atoms with van der Waals surface area (Å²) >= 11 is 0. The molecular weight excluding hydrogens is 182 g/mol. The number of nitrogens with zero attached hydrogens (tertiary/aromatic N) is 1. The Morgan fingerprint density at radius 2 is 1.60 bits per heavy atom. The van der Waals surface area contributed by atoms with Crippen LogP contribution in [-0.4, -0.2) is 5.54 Å². The van der Waals surface area contributed by atoms with E-state index in [4.69, 9.17) is 6.57 Å². The Morgan fingerprint density at radius 3 is 2.00 bits per heavy atom. The molecule has 1 heteroatoms. The summed E-state index contributed by atoms with van der Waals surface area (Å²) in [6, 6.07) is 4.39. The van der Waals surface area contributed by atoms with Crippen LogP contribution in [0, 0.1) is 27.3 Å². The van der Waals surface area contributed by atoms with Crippen molar-refractivity contribution in [3.05, 3.63) is 45.8 Å². The van der Waals surface area contributed by atoms with Gasteiger partial charge in [-0.05, 0) is 37.5 Å². The molecule has 0 unspecified atom stereocenters. The van der Waals surface area contributed by atoms with Crippen molar-refractivity contribution in [3.8, 4) is 0 Å². The monoisotopic (exact) mass is 201 g/mol. The SMILES string of the molecule is [C-]#[N+]C(C)(C)Cc1c(C)cc(C)cc1C. The van der Waals surface area contributed by atoms with E-state index in [1.807, 2.05) is 13.8 Å². The van der Waals surface area contributed by atoms with Crippen molar-refractivity contribution in [3.63, 3.8) is 0 Å². The van der Waals surface area contributed by atoms with Gasteiger partial charge in [0.05, 0.1) is 6.42 Å². The molecule has 0 heterocycles. The maximum Gasteiger partial charge on any atom is 0.231 e. The molecule has 0 aliphatic rings. The lowest BCUT2D eigenvalue weighted by Gasteiger charge is -2.16. The van der Waals surface area contributed by atoms with Crippen LogP contribution in [0.15, 0.2) is 12.1 Å². The van der Waals surface area contributed by atoms with Gasteiger partial charge in [0.15, 0.2) is 0 Å². The van der Waals surface area contributed by atoms with Crippen molar-refractivity contribution in [2.75, 3.05) is 0 Å². The molecule has 0 aromatic heterocycles. The van der Waals surface area contributed by atoms with Crippen LogP contribution >= 0.6 is 0 Å². The number of benzene rings is 1. The zero-order chi connectivity index (χ0) is 11.6. The number of aryl methyl sites for hydroxylation is 3. The Bertz CT molecular complexity index is 385. The van der Waals surface area contributed by atoms with Gasteiger partial charge in [0, 0.05) is 13.8 Å². The molecular formula is C14H19N. The summed E-state index contributed by atoms with van der Waals surface area (Å²) in [5.41, 5.74) is 4.97. The second-order valence-corrected chi connectivity index (χ2v) is 4.98. The van der Waals surface area contributed by atoms with E-state index < -0.39 is 0 Å². The van der Waals surface area contributed by atoms with Gasteiger partial charge in [-0.1, -0.05) is 17.7 Å². The highest BCUT2D eigenvalue weighted by molar-refractivity contribution is 5.38. The molecule has 1 rings (SSSR count). The molecule has 1 aromatic rings. The molecule has 0 amide bonds. The van der Waals surface area contributed by atoms with Crippen molar-refractivity contribution in [1.29, 1.82) is 0 Å². The maximum atomic E-state index is 7.16. The zero-order valence-corrected chi connectivity index (χ0v) is 10.3. The van der Waals surface area contributed by atoms with Crippen molar-refractivity contribution < 1.29 is 0 Å². The van der Waals surface area contributed by atoms with Crippen LogP contribution in [-0.2, 0) is 6.42 Å². The highest BCUT2D eigenvalue weighted by Gasteiger charge is 2.24. The normalized spacial score (nSPS) is 11.2. The molecule has 0 spiro atoms. The standard InChI is InChI=1S/C14H19N/c1-10-7-11(2)13(12(3)8-10)9-14(4,5)15-6/h7-8H,9H2,1-5H3. The first-order chi connectivity index (χ1) is 6.85. The van der Waals surface area contributed by atoms with Gasteiger partial charge in [0.1, 0.15) is 0 Å². The van der Waals surface area contributed by atoms with Crippen molar-refractivity contribution >= 4 is 0 Å². The summed E-state index contributed by atoms with van der Waals surface area (Å²) in [4.78, 5) is 3.67. The van der Waals surface area contributed by atoms with E-state index in [0.29, 0.717) is 0 Å². The van der Waals surface area contributed by atoms with E-state index in [0.717, 1.165) is 6.42 Å². The van der Waals surface area contributed by atoms with Gasteiger partial charge in [0.2, 0.25) is 5.54 Å². The third-order valence-corrected chi connectivity index (χ3v) is 2.75. The molecule has 0 radical (unpaired) electrons. The molecule has 15 heavy (non-hydrogen) atoms. The van der Waals surface area contributed by atoms with Gasteiger partial charge < -0.3 is 4.85 Å². The Kier molecular flexibility index (Phi) is 3.19. The second-order valence-electron chi connectivity index (χ2n) is 4.98. The lowest BCUT2D eigenvalue weighted by Crippen LogP contribution is -2.19. The average molecular weight is 201 g/mol. The van der Waals surface area contributed by atoms with E-state index in [1.54, 1.807) is 0 Å². The minimum Gasteiger partial charge on any atom is -0.311 e. The van der Waals surface area contributed by atoms with Crippen LogP contribution in [0.5, 0.6) is 0 Å². The fourth-order valence-electron chi connectivity index (χ4n) is 1.96. The van der Waals surface area contributed by atoms with Crippen LogP contribution in [0.1, 0.15) is 36.1 Å². The predicted octanol–water partition coefficient (Wildman–Crippen LogP) is 3.85. The Labute approximate surface area is 93.0 Å². The highest BCUT2D eigenvalue weighted by atomic mass is 14.8. The fourth-order valence-corrected chi connectivity index (χ4v) is 1.96. The molecule has 0 aliphatic carbocycles. The molecule has 0 saturated carbocycles. The zero-order valence-electron chi connectivity index (χ0n) is 10.3. The van der Waals surface area contributed by atoms with E-state index in [9.17, 15) is 0 Å². The smallest absolute Gasteiger partial charge is 0.231 e. The minimum atomic E-state index is -0.287. The highest BCUT2D eigenvalue weighted by Crippen LogP contribution is 2.23. The quantitative estimate of drug-likeness (QED) is 0.640. The van der Waals surface area contributed by atoms with Gasteiger partial charge in [-0.15, -0.1) is 0 Å². The van der Waals surface area contributed by atoms with Crippen LogP contribution in [0.3, 0.4) is 0 Å². The molecule has 0 aliphatic heterocycles. The molecule has 0 saturated heterocycles. The number of hydrogen-bond acceptors (Lipinski definition) is 0. The van der Waals surface area contributed by atoms with Gasteiger partial charge in [-0.25, -0.2) is 6.57 Å². The summed E-state index contributed by atoms with van der Waals surface area (Å²) in [5, 5.41) is 0. The third-order valence-electron chi connectivity index (χ3n) is 2.75. The summed E-state index contributed by atoms with van der Waals surface area (Å²) in [6.45, 7) is 17.5. The minimum absolute atomic E-state index is 0.287. The van der Waals surface area contributed by atoms with Crippen LogP contribution in [0.2, 0.25) is 0 Å². The van der Waals surface area contributed by atoms with Gasteiger partial charge >= 0.3 is 0 Å². The van der Waals surface area contributed by atoms with Gasteiger partial charge in [-0.3, -0.25) is 0 Å². The van der Waals surface area contributed by atoms with E-state index >= 15 is 0 Å². The first-order valence-corrected chi connectivity index (χ1v) is 5.31. The maximum absolute atomic E-state index is 7.16. The van der Waals surface area contributed by atoms with Crippen LogP contribution in [0.4, 0.5) is 0 Å². The Balaban J connectivity index is 3.12. The average Bonchev–Trinajstić information content (AvgIpc) is 2.11. The Hall–Kier alpha value is -1.29. The number of hydrogen-bond donors (Lipinski definition) is 0. The first-order valence-electron chi connectivity index (χ1n) is 5.31. The summed E-state index contributed by atoms with van der Waals surface area (Å²) in [5.74, 6) is 0. The van der Waals surface area contributed by atoms with Crippen molar-refractivity contribution in [1.82, 2.24) is 0 Å². The first kappa shape index (κ1) is 11.8. The third kappa shape index (κ3) is 2.83. The Morgan fingerprint density at radius 1 is 1.13 bits per heavy atom. The van der Waals surface area contributed by atoms with Crippen molar-refractivity contribution in [2.45, 2.75) is 46.6 Å². The largest absolute Gasteiger partial charge is 0.311 e. The molecule has 0 N–H and O–H groups in total. The topological polar surface area (TPSA) is 4.36 Å². The predicted molar refractivity (Wildman–Crippen MR) is 65.0 cm³/mol. The number of rotatable bonds is 2. The molecule has 1 aromatic carbocycles.